The molecular weight excluding hydrogens is 234 g/mol. The van der Waals surface area contributed by atoms with E-state index in [0.717, 1.165) is 5.56 Å². The van der Waals surface area contributed by atoms with Gasteiger partial charge in [0, 0.05) is 5.56 Å². The molecule has 0 spiro atoms. The molecule has 2 nitrogen and oxygen atoms in total. The van der Waals surface area contributed by atoms with E-state index in [9.17, 15) is 4.79 Å². The first-order chi connectivity index (χ1) is 9.69. The Morgan fingerprint density at radius 1 is 1.11 bits per heavy atom. The molecule has 1 heterocycles. The zero-order valence-electron chi connectivity index (χ0n) is 11.9. The van der Waals surface area contributed by atoms with E-state index in [4.69, 9.17) is 1.37 Å². The summed E-state index contributed by atoms with van der Waals surface area (Å²) >= 11 is 0. The summed E-state index contributed by atoms with van der Waals surface area (Å²) in [4.78, 5) is 14.5. The standard InChI is InChI=1S/C17H17NO/c1-2-18-15(13-9-5-3-6-10-13)16(18)17(19)14-11-7-4-8-12-14/h3-12,15-16H,2H2,1H3/i15D. The number of Topliss-reactive ketones (excluding diaryl/α,β-unsaturated/α-hetero) is 1. The zero-order valence-corrected chi connectivity index (χ0v) is 10.9. The van der Waals surface area contributed by atoms with Crippen LogP contribution in [0, 0.1) is 0 Å². The SMILES string of the molecule is [2H]C1(c2ccccc2)C(C(=O)c2ccccc2)N1CC. The molecule has 0 bridgehead atoms. The van der Waals surface area contributed by atoms with E-state index in [1.54, 1.807) is 0 Å². The molecule has 0 aliphatic carbocycles. The van der Waals surface area contributed by atoms with Gasteiger partial charge in [-0.2, -0.15) is 0 Å². The average molecular weight is 252 g/mol. The van der Waals surface area contributed by atoms with Crippen LogP contribution in [0.5, 0.6) is 0 Å². The highest BCUT2D eigenvalue weighted by Gasteiger charge is 2.51. The van der Waals surface area contributed by atoms with E-state index in [-0.39, 0.29) is 11.8 Å². The Bertz CT molecular complexity index is 613. The minimum Gasteiger partial charge on any atom is -0.292 e. The van der Waals surface area contributed by atoms with Crippen molar-refractivity contribution in [3.05, 3.63) is 71.8 Å². The molecule has 96 valence electrons. The fourth-order valence-corrected chi connectivity index (χ4v) is 2.55. The van der Waals surface area contributed by atoms with E-state index in [0.29, 0.717) is 12.1 Å². The van der Waals surface area contributed by atoms with Gasteiger partial charge in [-0.1, -0.05) is 67.6 Å². The molecule has 0 aromatic heterocycles. The van der Waals surface area contributed by atoms with E-state index < -0.39 is 6.02 Å². The highest BCUT2D eigenvalue weighted by Crippen LogP contribution is 2.44. The van der Waals surface area contributed by atoms with Gasteiger partial charge in [0.2, 0.25) is 0 Å². The smallest absolute Gasteiger partial charge is 0.181 e. The third-order valence-electron chi connectivity index (χ3n) is 3.53. The first-order valence-electron chi connectivity index (χ1n) is 7.11. The van der Waals surface area contributed by atoms with Crippen molar-refractivity contribution in [3.63, 3.8) is 0 Å². The van der Waals surface area contributed by atoms with Crippen molar-refractivity contribution in [1.82, 2.24) is 4.90 Å². The molecule has 2 aromatic carbocycles. The van der Waals surface area contributed by atoms with E-state index in [1.807, 2.05) is 72.5 Å². The summed E-state index contributed by atoms with van der Waals surface area (Å²) in [6, 6.07) is 17.6. The number of nitrogens with zero attached hydrogens (tertiary/aromatic N) is 1. The predicted molar refractivity (Wildman–Crippen MR) is 76.1 cm³/mol. The van der Waals surface area contributed by atoms with Gasteiger partial charge in [-0.25, -0.2) is 0 Å². The maximum atomic E-state index is 12.6. The second kappa shape index (κ2) is 4.98. The molecule has 2 heteroatoms. The Morgan fingerprint density at radius 2 is 1.68 bits per heavy atom. The number of likely N-dealkylation sites (N-methyl/N-ethyl adjacent to an activating group) is 1. The summed E-state index contributed by atoms with van der Waals surface area (Å²) in [7, 11) is 0. The minimum atomic E-state index is -0.914. The van der Waals surface area contributed by atoms with Gasteiger partial charge in [-0.15, -0.1) is 0 Å². The Kier molecular flexibility index (Phi) is 2.87. The van der Waals surface area contributed by atoms with Gasteiger partial charge in [0.25, 0.3) is 0 Å². The monoisotopic (exact) mass is 252 g/mol. The molecule has 2 aromatic rings. The summed E-state index contributed by atoms with van der Waals surface area (Å²) in [5.74, 6) is 0.0336. The lowest BCUT2D eigenvalue weighted by molar-refractivity contribution is 0.0974. The normalized spacial score (nSPS) is 29.6. The summed E-state index contributed by atoms with van der Waals surface area (Å²) < 4.78 is 8.68. The highest BCUT2D eigenvalue weighted by molar-refractivity contribution is 6.02. The lowest BCUT2D eigenvalue weighted by Crippen LogP contribution is -2.12. The number of carbonyl (C=O) groups is 1. The first-order valence-corrected chi connectivity index (χ1v) is 6.61. The Morgan fingerprint density at radius 3 is 2.26 bits per heavy atom. The van der Waals surface area contributed by atoms with Gasteiger partial charge in [0.15, 0.2) is 5.78 Å². The molecule has 19 heavy (non-hydrogen) atoms. The number of ketones is 1. The summed E-state index contributed by atoms with van der Waals surface area (Å²) in [5, 5.41) is 0. The van der Waals surface area contributed by atoms with Crippen molar-refractivity contribution < 1.29 is 6.17 Å². The van der Waals surface area contributed by atoms with Crippen molar-refractivity contribution in [2.24, 2.45) is 0 Å². The number of rotatable bonds is 4. The van der Waals surface area contributed by atoms with Crippen LogP contribution in [-0.4, -0.2) is 23.3 Å². The lowest BCUT2D eigenvalue weighted by Gasteiger charge is -1.98. The second-order valence-electron chi connectivity index (χ2n) is 4.67. The summed E-state index contributed by atoms with van der Waals surface area (Å²) in [6.45, 7) is 2.69. The van der Waals surface area contributed by atoms with Crippen LogP contribution in [0.1, 0.15) is 30.2 Å². The van der Waals surface area contributed by atoms with Crippen molar-refractivity contribution >= 4 is 5.78 Å². The van der Waals surface area contributed by atoms with Gasteiger partial charge < -0.3 is 0 Å². The Labute approximate surface area is 115 Å². The van der Waals surface area contributed by atoms with Gasteiger partial charge in [0.1, 0.15) is 0 Å². The minimum absolute atomic E-state index is 0.0336. The van der Waals surface area contributed by atoms with Crippen LogP contribution in [0.2, 0.25) is 0 Å². The van der Waals surface area contributed by atoms with Gasteiger partial charge in [-0.3, -0.25) is 9.69 Å². The Balaban J connectivity index is 1.93. The van der Waals surface area contributed by atoms with Crippen molar-refractivity contribution in [1.29, 1.82) is 0 Å². The van der Waals surface area contributed by atoms with Crippen LogP contribution in [0.25, 0.3) is 0 Å². The van der Waals surface area contributed by atoms with Gasteiger partial charge >= 0.3 is 0 Å². The van der Waals surface area contributed by atoms with Crippen molar-refractivity contribution in [3.8, 4) is 0 Å². The molecule has 0 N–H and O–H groups in total. The van der Waals surface area contributed by atoms with Crippen molar-refractivity contribution in [2.45, 2.75) is 19.0 Å². The molecule has 0 radical (unpaired) electrons. The number of hydrogen-bond donors (Lipinski definition) is 0. The number of benzene rings is 2. The summed E-state index contributed by atoms with van der Waals surface area (Å²) in [5.41, 5.74) is 1.57. The number of hydrogen-bond acceptors (Lipinski definition) is 2. The van der Waals surface area contributed by atoms with Gasteiger partial charge in [0.05, 0.1) is 13.4 Å². The van der Waals surface area contributed by atoms with Crippen LogP contribution in [-0.2, 0) is 0 Å². The largest absolute Gasteiger partial charge is 0.292 e. The van der Waals surface area contributed by atoms with Crippen LogP contribution >= 0.6 is 0 Å². The third-order valence-corrected chi connectivity index (χ3v) is 3.53. The quantitative estimate of drug-likeness (QED) is 0.614. The van der Waals surface area contributed by atoms with E-state index in [2.05, 4.69) is 0 Å². The van der Waals surface area contributed by atoms with E-state index in [1.165, 1.54) is 0 Å². The molecular formula is C17H17NO. The Hall–Kier alpha value is -1.93. The lowest BCUT2D eigenvalue weighted by atomic mass is 10.0. The summed E-state index contributed by atoms with van der Waals surface area (Å²) in [6.07, 6.45) is 0. The molecule has 1 fully saturated rings. The highest BCUT2D eigenvalue weighted by atomic mass is 16.1. The molecule has 3 unspecified atom stereocenters. The third kappa shape index (κ3) is 2.20. The van der Waals surface area contributed by atoms with Crippen LogP contribution in [0.4, 0.5) is 0 Å². The molecule has 0 amide bonds. The van der Waals surface area contributed by atoms with E-state index >= 15 is 0 Å². The van der Waals surface area contributed by atoms with Crippen LogP contribution < -0.4 is 0 Å². The molecule has 1 aliphatic heterocycles. The first kappa shape index (κ1) is 10.9. The number of carbonyl (C=O) groups excluding carboxylic acids is 1. The maximum absolute atomic E-state index is 12.6. The topological polar surface area (TPSA) is 20.1 Å². The zero-order chi connectivity index (χ0) is 14.2. The molecule has 0 saturated carbocycles. The fraction of sp³-hybridized carbons (Fsp3) is 0.235. The average Bonchev–Trinajstić information content (AvgIpc) is 3.14. The molecule has 3 rings (SSSR count). The molecule has 3 atom stereocenters. The van der Waals surface area contributed by atoms with Gasteiger partial charge in [-0.05, 0) is 12.1 Å². The van der Waals surface area contributed by atoms with Crippen molar-refractivity contribution in [2.75, 3.05) is 6.54 Å². The molecule has 1 aliphatic rings. The molecule has 1 saturated heterocycles. The van der Waals surface area contributed by atoms with Crippen LogP contribution in [0.3, 0.4) is 0 Å². The van der Waals surface area contributed by atoms with Crippen LogP contribution in [0.15, 0.2) is 60.7 Å². The fourth-order valence-electron chi connectivity index (χ4n) is 2.55. The predicted octanol–water partition coefficient (Wildman–Crippen LogP) is 3.31. The second-order valence-corrected chi connectivity index (χ2v) is 4.67. The maximum Gasteiger partial charge on any atom is 0.181 e.